The number of thiazole rings is 1. The van der Waals surface area contributed by atoms with Crippen LogP contribution in [-0.2, 0) is 19.4 Å². The third kappa shape index (κ3) is 7.01. The largest absolute Gasteiger partial charge is 0.493 e. The number of hydrogen-bond donors (Lipinski definition) is 1. The summed E-state index contributed by atoms with van der Waals surface area (Å²) < 4.78 is 59.0. The number of benzene rings is 3. The van der Waals surface area contributed by atoms with Gasteiger partial charge in [0, 0.05) is 0 Å². The van der Waals surface area contributed by atoms with Crippen LogP contribution in [0.4, 0.5) is 0 Å². The van der Waals surface area contributed by atoms with Gasteiger partial charge >= 0.3 is 5.97 Å². The van der Waals surface area contributed by atoms with E-state index in [4.69, 9.17) is 29.4 Å². The van der Waals surface area contributed by atoms with E-state index in [0.29, 0.717) is 34.1 Å². The molecule has 0 amide bonds. The first-order valence-electron chi connectivity index (χ1n) is 16.0. The Labute approximate surface area is 294 Å². The van der Waals surface area contributed by atoms with E-state index in [9.17, 15) is 18.0 Å². The quantitative estimate of drug-likeness (QED) is 0.209. The number of nitrogens with zero attached hydrogens (tertiary/aromatic N) is 1. The Morgan fingerprint density at radius 3 is 2.08 bits per heavy atom. The molecule has 13 heteroatoms. The maximum absolute atomic E-state index is 14.6. The zero-order valence-electron chi connectivity index (χ0n) is 28.9. The van der Waals surface area contributed by atoms with Crippen molar-refractivity contribution in [3.8, 4) is 23.0 Å². The molecule has 11 nitrogen and oxygen atoms in total. The Morgan fingerprint density at radius 1 is 0.900 bits per heavy atom. The summed E-state index contributed by atoms with van der Waals surface area (Å²) >= 11 is 1.000. The number of sulfone groups is 1. The highest BCUT2D eigenvalue weighted by Gasteiger charge is 2.42. The molecule has 1 aromatic heterocycles. The highest BCUT2D eigenvalue weighted by Crippen LogP contribution is 2.44. The number of carbonyl (C=O) groups excluding carboxylic acids is 1. The van der Waals surface area contributed by atoms with Crippen molar-refractivity contribution in [2.75, 3.05) is 20.8 Å². The van der Waals surface area contributed by atoms with Crippen molar-refractivity contribution in [1.29, 1.82) is 0 Å². The minimum Gasteiger partial charge on any atom is -0.493 e. The molecule has 2 N–H and O–H groups in total. The number of esters is 1. The van der Waals surface area contributed by atoms with Crippen LogP contribution in [0.1, 0.15) is 51.7 Å². The predicted octanol–water partition coefficient (Wildman–Crippen LogP) is 4.40. The van der Waals surface area contributed by atoms with Crippen molar-refractivity contribution in [2.45, 2.75) is 57.6 Å². The number of ether oxygens (including phenoxy) is 5. The van der Waals surface area contributed by atoms with Gasteiger partial charge in [0.1, 0.15) is 15.4 Å². The van der Waals surface area contributed by atoms with E-state index in [1.807, 2.05) is 27.7 Å². The van der Waals surface area contributed by atoms with E-state index in [1.165, 1.54) is 26.4 Å². The number of carbonyl (C=O) groups is 1. The maximum atomic E-state index is 14.6. The first kappa shape index (κ1) is 36.3. The van der Waals surface area contributed by atoms with E-state index in [0.717, 1.165) is 15.9 Å². The molecule has 0 spiro atoms. The van der Waals surface area contributed by atoms with Gasteiger partial charge in [0.25, 0.3) is 5.56 Å². The molecule has 50 heavy (non-hydrogen) atoms. The van der Waals surface area contributed by atoms with Gasteiger partial charge in [0.2, 0.25) is 9.84 Å². The first-order valence-corrected chi connectivity index (χ1v) is 18.3. The molecule has 0 unspecified atom stereocenters. The molecule has 0 saturated heterocycles. The van der Waals surface area contributed by atoms with Crippen molar-refractivity contribution < 1.29 is 36.9 Å². The predicted molar refractivity (Wildman–Crippen MR) is 193 cm³/mol. The molecule has 0 radical (unpaired) electrons. The van der Waals surface area contributed by atoms with Crippen LogP contribution in [0.25, 0.3) is 17.5 Å². The minimum atomic E-state index is -4.41. The van der Waals surface area contributed by atoms with Gasteiger partial charge in [0.15, 0.2) is 23.0 Å². The average molecular weight is 721 g/mol. The summed E-state index contributed by atoms with van der Waals surface area (Å²) in [5.74, 6) is -0.674. The zero-order chi connectivity index (χ0) is 36.3. The second-order valence-corrected chi connectivity index (χ2v) is 14.8. The van der Waals surface area contributed by atoms with E-state index in [-0.39, 0.29) is 49.2 Å². The number of methoxy groups -OCH3 is 2. The smallest absolute Gasteiger partial charge is 0.338 e. The Hall–Kier alpha value is -5.01. The monoisotopic (exact) mass is 720 g/mol. The fraction of sp³-hybridized carbons (Fsp3) is 0.297. The first-order chi connectivity index (χ1) is 23.8. The van der Waals surface area contributed by atoms with Gasteiger partial charge in [-0.15, -0.1) is 11.3 Å². The Kier molecular flexibility index (Phi) is 10.8. The molecule has 0 saturated carbocycles. The molecule has 0 fully saturated rings. The molecule has 1 aliphatic heterocycles. The van der Waals surface area contributed by atoms with Crippen molar-refractivity contribution >= 4 is 44.6 Å². The number of allylic oxidation sites excluding steroid dienone is 1. The number of fused-ring (bicyclic) bond motifs is 1. The van der Waals surface area contributed by atoms with Crippen LogP contribution in [0, 0.1) is 0 Å². The van der Waals surface area contributed by atoms with Crippen LogP contribution in [0.5, 0.6) is 23.0 Å². The maximum Gasteiger partial charge on any atom is 0.338 e. The topological polar surface area (TPSA) is 145 Å². The Morgan fingerprint density at radius 2 is 1.50 bits per heavy atom. The minimum absolute atomic E-state index is 0.00130. The summed E-state index contributed by atoms with van der Waals surface area (Å²) in [5.41, 5.74) is 7.06. The molecule has 0 bridgehead atoms. The molecular weight excluding hydrogens is 681 g/mol. The van der Waals surface area contributed by atoms with Crippen molar-refractivity contribution in [1.82, 2.24) is 4.57 Å². The average Bonchev–Trinajstić information content (AvgIpc) is 3.40. The fourth-order valence-corrected chi connectivity index (χ4v) is 8.50. The van der Waals surface area contributed by atoms with Crippen molar-refractivity contribution in [3.05, 3.63) is 102 Å². The van der Waals surface area contributed by atoms with Crippen molar-refractivity contribution in [2.24, 2.45) is 5.73 Å². The zero-order valence-corrected chi connectivity index (χ0v) is 30.5. The van der Waals surface area contributed by atoms with E-state index in [1.54, 1.807) is 67.6 Å². The summed E-state index contributed by atoms with van der Waals surface area (Å²) in [6.07, 6.45) is 1.36. The molecule has 1 aliphatic rings. The van der Waals surface area contributed by atoms with Gasteiger partial charge in [-0.05, 0) is 88.2 Å². The summed E-state index contributed by atoms with van der Waals surface area (Å²) in [4.78, 5) is 27.8. The molecule has 2 heterocycles. The normalized spacial score (nSPS) is 14.9. The lowest BCUT2D eigenvalue weighted by molar-refractivity contribution is -0.136. The van der Waals surface area contributed by atoms with Crippen LogP contribution in [0.3, 0.4) is 0 Å². The SMILES string of the molecule is CCOC(=O)C1=c2s/c(=C\c3ccc(OC(C)C)c(OC)c3)c(=O)n2C(N)=C(S(=O)(=O)c2ccccc2)[C@@H]1c1ccc(OC(C)C)c(OC)c1. The van der Waals surface area contributed by atoms with Crippen LogP contribution >= 0.6 is 11.3 Å². The van der Waals surface area contributed by atoms with Gasteiger partial charge in [-0.2, -0.15) is 0 Å². The highest BCUT2D eigenvalue weighted by atomic mass is 32.2. The van der Waals surface area contributed by atoms with Crippen LogP contribution in [0.15, 0.2) is 81.3 Å². The van der Waals surface area contributed by atoms with Crippen LogP contribution < -0.4 is 39.4 Å². The van der Waals surface area contributed by atoms with E-state index >= 15 is 0 Å². The number of rotatable bonds is 12. The third-order valence-electron chi connectivity index (χ3n) is 7.67. The van der Waals surface area contributed by atoms with Crippen LogP contribution in [-0.4, -0.2) is 52.0 Å². The van der Waals surface area contributed by atoms with Crippen molar-refractivity contribution in [3.63, 3.8) is 0 Å². The summed E-state index contributed by atoms with van der Waals surface area (Å²) in [5, 5.41) is 0. The second-order valence-electron chi connectivity index (χ2n) is 11.8. The standard InChI is InChI=1S/C37H40N2O9S2/c1-8-46-37(41)32-31(24-15-17-27(48-22(4)5)29(20-24)45-7)33(50(42,43)25-12-10-9-11-13-25)34(38)39-35(40)30(49-36(32)39)19-23-14-16-26(47-21(2)3)28(18-23)44-6/h9-22,31H,8,38H2,1-7H3/b30-19-/t31-/m1/s1. The number of nitrogens with two attached hydrogens (primary N) is 1. The van der Waals surface area contributed by atoms with E-state index in [2.05, 4.69) is 0 Å². The molecule has 0 aliphatic carbocycles. The summed E-state index contributed by atoms with van der Waals surface area (Å²) in [6.45, 7) is 9.17. The van der Waals surface area contributed by atoms with E-state index < -0.39 is 27.3 Å². The van der Waals surface area contributed by atoms with Gasteiger partial charge < -0.3 is 29.4 Å². The number of aromatic nitrogens is 1. The van der Waals surface area contributed by atoms with Crippen LogP contribution in [0.2, 0.25) is 0 Å². The molecule has 264 valence electrons. The molecule has 5 rings (SSSR count). The lowest BCUT2D eigenvalue weighted by Gasteiger charge is -2.28. The lowest BCUT2D eigenvalue weighted by atomic mass is 9.89. The summed E-state index contributed by atoms with van der Waals surface area (Å²) in [7, 11) is -1.43. The molecule has 4 aromatic rings. The van der Waals surface area contributed by atoms with Gasteiger partial charge in [0.05, 0.1) is 54.0 Å². The fourth-order valence-electron chi connectivity index (χ4n) is 5.64. The molecule has 1 atom stereocenters. The Balaban J connectivity index is 1.87. The Bertz CT molecular complexity index is 2240. The molecular formula is C37H40N2O9S2. The second kappa shape index (κ2) is 14.9. The molecule has 3 aromatic carbocycles. The van der Waals surface area contributed by atoms with Gasteiger partial charge in [-0.25, -0.2) is 13.2 Å². The summed E-state index contributed by atoms with van der Waals surface area (Å²) in [6, 6.07) is 17.8. The van der Waals surface area contributed by atoms with Gasteiger partial charge in [-0.3, -0.25) is 9.36 Å². The highest BCUT2D eigenvalue weighted by molar-refractivity contribution is 7.95. The third-order valence-corrected chi connectivity index (χ3v) is 10.7. The number of hydrogen-bond acceptors (Lipinski definition) is 11. The van der Waals surface area contributed by atoms with Gasteiger partial charge in [-0.1, -0.05) is 30.3 Å². The lowest BCUT2D eigenvalue weighted by Crippen LogP contribution is -2.41.